The highest BCUT2D eigenvalue weighted by molar-refractivity contribution is 6.00. The second kappa shape index (κ2) is 8.95. The maximum absolute atomic E-state index is 14.6. The number of benzene rings is 2. The standard InChI is InChI=1S/C36H42N2O5/c1-33(2,3)32(40)37-24-11-8-22(9-12-24)29(39)25-19-34-14-15-36(25,42-5)31-35(34)16-17-38(20-21-6-7-21)27(34)18-23-10-13-26(41-4)30(43-31)28(23)35/h8-15,21,25,27,31H,6-7,16-20H2,1-5H3,(H,37,40)/t25-,27-,31-,34-,35+,36-/m1/s1. The van der Waals surface area contributed by atoms with E-state index in [0.717, 1.165) is 49.8 Å². The number of carbonyl (C=O) groups excluding carboxylic acids is 2. The number of amides is 1. The van der Waals surface area contributed by atoms with Gasteiger partial charge in [-0.3, -0.25) is 14.5 Å². The van der Waals surface area contributed by atoms with Crippen molar-refractivity contribution >= 4 is 17.4 Å². The average molecular weight is 583 g/mol. The minimum atomic E-state index is -0.903. The number of rotatable bonds is 7. The number of Topliss-reactive ketones (excluding diaryl/α,β-unsaturated/α-hetero) is 1. The van der Waals surface area contributed by atoms with Gasteiger partial charge in [-0.05, 0) is 80.5 Å². The first-order valence-electron chi connectivity index (χ1n) is 15.9. The smallest absolute Gasteiger partial charge is 0.229 e. The van der Waals surface area contributed by atoms with Gasteiger partial charge in [-0.25, -0.2) is 0 Å². The van der Waals surface area contributed by atoms with E-state index in [1.165, 1.54) is 24.0 Å². The molecule has 0 radical (unpaired) electrons. The molecular weight excluding hydrogens is 540 g/mol. The molecule has 2 spiro atoms. The van der Waals surface area contributed by atoms with E-state index in [9.17, 15) is 9.59 Å². The van der Waals surface area contributed by atoms with Crippen LogP contribution in [0.1, 0.15) is 67.9 Å². The number of ether oxygens (including phenoxy) is 3. The van der Waals surface area contributed by atoms with Gasteiger partial charge in [0, 0.05) is 47.3 Å². The van der Waals surface area contributed by atoms with Crippen LogP contribution in [0.4, 0.5) is 5.69 Å². The first-order chi connectivity index (χ1) is 20.6. The molecule has 1 amide bonds. The first kappa shape index (κ1) is 27.4. The summed E-state index contributed by atoms with van der Waals surface area (Å²) in [4.78, 5) is 29.9. The number of hydrogen-bond donors (Lipinski definition) is 1. The fourth-order valence-electron chi connectivity index (χ4n) is 9.46. The van der Waals surface area contributed by atoms with Crippen molar-refractivity contribution in [2.75, 3.05) is 32.6 Å². The number of likely N-dealkylation sites (tertiary alicyclic amines) is 1. The summed E-state index contributed by atoms with van der Waals surface area (Å²) in [5.74, 6) is 2.01. The summed E-state index contributed by atoms with van der Waals surface area (Å²) in [5.41, 5.74) is 2.06. The highest BCUT2D eigenvalue weighted by atomic mass is 16.6. The van der Waals surface area contributed by atoms with E-state index < -0.39 is 16.9 Å². The van der Waals surface area contributed by atoms with Crippen LogP contribution in [0.2, 0.25) is 0 Å². The molecule has 1 N–H and O–H groups in total. The lowest BCUT2D eigenvalue weighted by Gasteiger charge is -2.71. The van der Waals surface area contributed by atoms with Gasteiger partial charge in [0.1, 0.15) is 11.7 Å². The highest BCUT2D eigenvalue weighted by Crippen LogP contribution is 2.75. The Labute approximate surface area is 253 Å². The van der Waals surface area contributed by atoms with Gasteiger partial charge in [0.2, 0.25) is 5.91 Å². The summed E-state index contributed by atoms with van der Waals surface area (Å²) >= 11 is 0. The fourth-order valence-corrected chi connectivity index (χ4v) is 9.46. The van der Waals surface area contributed by atoms with E-state index in [0.29, 0.717) is 17.3 Å². The number of methoxy groups -OCH3 is 2. The van der Waals surface area contributed by atoms with Crippen LogP contribution < -0.4 is 14.8 Å². The van der Waals surface area contributed by atoms with E-state index >= 15 is 0 Å². The number of nitrogens with one attached hydrogen (secondary N) is 1. The van der Waals surface area contributed by atoms with Crippen LogP contribution in [0, 0.1) is 22.7 Å². The monoisotopic (exact) mass is 582 g/mol. The van der Waals surface area contributed by atoms with Crippen molar-refractivity contribution in [2.24, 2.45) is 22.7 Å². The van der Waals surface area contributed by atoms with Gasteiger partial charge >= 0.3 is 0 Å². The predicted molar refractivity (Wildman–Crippen MR) is 164 cm³/mol. The van der Waals surface area contributed by atoms with Crippen molar-refractivity contribution < 1.29 is 23.8 Å². The Morgan fingerprint density at radius 1 is 1.07 bits per heavy atom. The molecule has 7 aliphatic rings. The molecule has 7 nitrogen and oxygen atoms in total. The summed E-state index contributed by atoms with van der Waals surface area (Å²) in [7, 11) is 3.44. The SMILES string of the molecule is COc1ccc2c3c1O[C@H]1[C@@]4(OC)C=C[C@@]5(C[C@@H]4C(=O)c4ccc(NC(=O)C(C)(C)C)cc4)[C@@H](C2)N(CC2CC2)CC[C@]315. The third-order valence-corrected chi connectivity index (χ3v) is 11.7. The van der Waals surface area contributed by atoms with E-state index in [2.05, 4.69) is 34.5 Å². The first-order valence-corrected chi connectivity index (χ1v) is 15.9. The molecule has 3 fully saturated rings. The third kappa shape index (κ3) is 3.49. The van der Waals surface area contributed by atoms with Crippen molar-refractivity contribution in [1.82, 2.24) is 4.90 Å². The Hall–Kier alpha value is -3.16. The van der Waals surface area contributed by atoms with Crippen LogP contribution in [-0.4, -0.2) is 61.6 Å². The molecule has 6 atom stereocenters. The third-order valence-electron chi connectivity index (χ3n) is 11.7. The van der Waals surface area contributed by atoms with Crippen LogP contribution in [0.25, 0.3) is 0 Å². The second-order valence-electron chi connectivity index (χ2n) is 14.8. The van der Waals surface area contributed by atoms with E-state index in [1.54, 1.807) is 14.2 Å². The molecule has 0 aromatic heterocycles. The van der Waals surface area contributed by atoms with Crippen molar-refractivity contribution in [1.29, 1.82) is 0 Å². The van der Waals surface area contributed by atoms with Crippen LogP contribution in [-0.2, 0) is 21.4 Å². The highest BCUT2D eigenvalue weighted by Gasteiger charge is 2.80. The maximum Gasteiger partial charge on any atom is 0.229 e. The molecule has 2 heterocycles. The minimum absolute atomic E-state index is 0.0589. The molecule has 7 heteroatoms. The molecule has 2 aromatic rings. The van der Waals surface area contributed by atoms with Gasteiger partial charge in [0.05, 0.1) is 18.4 Å². The maximum atomic E-state index is 14.6. The van der Waals surface area contributed by atoms with Crippen molar-refractivity contribution in [3.05, 3.63) is 65.2 Å². The molecule has 0 unspecified atom stereocenters. The summed E-state index contributed by atoms with van der Waals surface area (Å²) in [6.45, 7) is 7.83. The fraction of sp³-hybridized carbons (Fsp3) is 0.556. The van der Waals surface area contributed by atoms with Gasteiger partial charge in [-0.2, -0.15) is 0 Å². The van der Waals surface area contributed by atoms with Crippen molar-refractivity contribution in [3.63, 3.8) is 0 Å². The minimum Gasteiger partial charge on any atom is -0.493 e. The molecule has 2 aliphatic heterocycles. The number of ketones is 1. The summed E-state index contributed by atoms with van der Waals surface area (Å²) in [6, 6.07) is 12.0. The molecular formula is C36H42N2O5. The zero-order valence-electron chi connectivity index (χ0n) is 25.9. The topological polar surface area (TPSA) is 77.1 Å². The summed E-state index contributed by atoms with van der Waals surface area (Å²) < 4.78 is 19.4. The van der Waals surface area contributed by atoms with E-state index in [-0.39, 0.29) is 28.6 Å². The molecule has 9 rings (SSSR count). The van der Waals surface area contributed by atoms with Crippen LogP contribution in [0.5, 0.6) is 11.5 Å². The van der Waals surface area contributed by atoms with Gasteiger partial charge in [0.25, 0.3) is 0 Å². The molecule has 43 heavy (non-hydrogen) atoms. The Bertz CT molecular complexity index is 1550. The lowest BCUT2D eigenvalue weighted by atomic mass is 9.36. The molecule has 4 bridgehead atoms. The van der Waals surface area contributed by atoms with Gasteiger partial charge < -0.3 is 19.5 Å². The quantitative estimate of drug-likeness (QED) is 0.340. The van der Waals surface area contributed by atoms with Crippen LogP contribution in [0.15, 0.2) is 48.6 Å². The second-order valence-corrected chi connectivity index (χ2v) is 14.8. The lowest BCUT2D eigenvalue weighted by Crippen LogP contribution is -2.79. The van der Waals surface area contributed by atoms with Crippen LogP contribution >= 0.6 is 0 Å². The predicted octanol–water partition coefficient (Wildman–Crippen LogP) is 5.56. The normalized spacial score (nSPS) is 34.9. The Morgan fingerprint density at radius 2 is 1.84 bits per heavy atom. The van der Waals surface area contributed by atoms with Crippen molar-refractivity contribution in [2.45, 2.75) is 76.0 Å². The van der Waals surface area contributed by atoms with Gasteiger partial charge in [-0.1, -0.05) is 39.0 Å². The largest absolute Gasteiger partial charge is 0.493 e. The van der Waals surface area contributed by atoms with Gasteiger partial charge in [0.15, 0.2) is 17.3 Å². The van der Waals surface area contributed by atoms with E-state index in [4.69, 9.17) is 14.2 Å². The van der Waals surface area contributed by atoms with E-state index in [1.807, 2.05) is 45.0 Å². The summed E-state index contributed by atoms with van der Waals surface area (Å²) in [5, 5.41) is 2.97. The zero-order chi connectivity index (χ0) is 29.9. The number of hydrogen-bond acceptors (Lipinski definition) is 6. The average Bonchev–Trinajstić information content (AvgIpc) is 3.74. The Balaban J connectivity index is 1.22. The Morgan fingerprint density at radius 3 is 2.51 bits per heavy atom. The molecule has 2 saturated carbocycles. The Kier molecular flexibility index (Phi) is 5.70. The van der Waals surface area contributed by atoms with Gasteiger partial charge in [-0.15, -0.1) is 0 Å². The molecule has 5 aliphatic carbocycles. The number of carbonyl (C=O) groups is 2. The summed E-state index contributed by atoms with van der Waals surface area (Å²) in [6.07, 6.45) is 9.60. The molecule has 226 valence electrons. The van der Waals surface area contributed by atoms with Crippen molar-refractivity contribution in [3.8, 4) is 11.5 Å². The number of fused-ring (bicyclic) bond motifs is 1. The number of piperidine rings is 1. The lowest BCUT2D eigenvalue weighted by molar-refractivity contribution is -0.206. The molecule has 1 saturated heterocycles. The number of anilines is 1. The molecule has 2 aromatic carbocycles. The zero-order valence-corrected chi connectivity index (χ0v) is 25.9. The van der Waals surface area contributed by atoms with Crippen LogP contribution in [0.3, 0.4) is 0 Å². The number of nitrogens with zero attached hydrogens (tertiary/aromatic N) is 1.